The van der Waals surface area contributed by atoms with Gasteiger partial charge in [0.25, 0.3) is 0 Å². The van der Waals surface area contributed by atoms with Crippen molar-refractivity contribution in [1.82, 2.24) is 5.32 Å². The number of aliphatic carboxylic acids is 2. The molecule has 1 unspecified atom stereocenters. The second-order valence-corrected chi connectivity index (χ2v) is 5.92. The van der Waals surface area contributed by atoms with Crippen molar-refractivity contribution >= 4 is 17.7 Å². The lowest BCUT2D eigenvalue weighted by atomic mass is 10.1. The van der Waals surface area contributed by atoms with E-state index in [9.17, 15) is 9.90 Å². The number of aliphatic hydroxyl groups is 1. The summed E-state index contributed by atoms with van der Waals surface area (Å²) in [6.07, 6.45) is 1.47. The Hall–Kier alpha value is -2.65. The molecule has 158 valence electrons. The van der Waals surface area contributed by atoms with Gasteiger partial charge < -0.3 is 30.1 Å². The van der Waals surface area contributed by atoms with Crippen molar-refractivity contribution in [3.8, 4) is 11.5 Å². The summed E-state index contributed by atoms with van der Waals surface area (Å²) in [5.74, 6) is -2.66. The number of hydrogen-bond acceptors (Lipinski definition) is 7. The van der Waals surface area contributed by atoms with Gasteiger partial charge in [-0.2, -0.15) is 0 Å². The fourth-order valence-electron chi connectivity index (χ4n) is 2.13. The maximum Gasteiger partial charge on any atom is 0.414 e. The number of aliphatic hydroxyl groups excluding tert-OH is 1. The van der Waals surface area contributed by atoms with Crippen LogP contribution in [0.3, 0.4) is 0 Å². The normalized spacial score (nSPS) is 11.2. The zero-order valence-corrected chi connectivity index (χ0v) is 16.6. The number of ketones is 1. The highest BCUT2D eigenvalue weighted by molar-refractivity contribution is 6.27. The van der Waals surface area contributed by atoms with Crippen molar-refractivity contribution in [2.24, 2.45) is 0 Å². The van der Waals surface area contributed by atoms with Crippen LogP contribution in [0.25, 0.3) is 0 Å². The summed E-state index contributed by atoms with van der Waals surface area (Å²) in [5, 5.41) is 28.1. The van der Waals surface area contributed by atoms with Crippen LogP contribution in [0.4, 0.5) is 0 Å². The minimum Gasteiger partial charge on any atom is -0.493 e. The zero-order chi connectivity index (χ0) is 21.7. The second-order valence-electron chi connectivity index (χ2n) is 5.92. The number of carboxylic acids is 2. The van der Waals surface area contributed by atoms with Gasteiger partial charge in [0.2, 0.25) is 0 Å². The van der Waals surface area contributed by atoms with E-state index in [1.165, 1.54) is 14.0 Å². The number of Topliss-reactive ketones (excluding diaryl/α,β-unsaturated/α-hetero) is 1. The van der Waals surface area contributed by atoms with Gasteiger partial charge in [-0.15, -0.1) is 0 Å². The number of nitrogens with one attached hydrogen (secondary N) is 1. The molecule has 0 aliphatic heterocycles. The Balaban J connectivity index is 0.00000105. The molecule has 9 heteroatoms. The predicted molar refractivity (Wildman–Crippen MR) is 102 cm³/mol. The molecule has 1 aromatic carbocycles. The van der Waals surface area contributed by atoms with Gasteiger partial charge in [0.05, 0.1) is 7.11 Å². The molecule has 1 aromatic rings. The lowest BCUT2D eigenvalue weighted by Crippen LogP contribution is -2.37. The van der Waals surface area contributed by atoms with Gasteiger partial charge in [0.15, 0.2) is 17.3 Å². The number of carbonyl (C=O) groups is 3. The summed E-state index contributed by atoms with van der Waals surface area (Å²) in [6, 6.07) is 5.44. The van der Waals surface area contributed by atoms with Crippen LogP contribution < -0.4 is 14.8 Å². The van der Waals surface area contributed by atoms with Crippen molar-refractivity contribution < 1.29 is 39.2 Å². The Labute approximate surface area is 164 Å². The Kier molecular flexibility index (Phi) is 12.2. The molecule has 0 aromatic heterocycles. The third-order valence-corrected chi connectivity index (χ3v) is 3.81. The van der Waals surface area contributed by atoms with Gasteiger partial charge >= 0.3 is 11.9 Å². The van der Waals surface area contributed by atoms with E-state index in [1.54, 1.807) is 18.2 Å². The number of hydrogen-bond donors (Lipinski definition) is 4. The van der Waals surface area contributed by atoms with Crippen LogP contribution in [0.15, 0.2) is 18.2 Å². The quantitative estimate of drug-likeness (QED) is 0.340. The van der Waals surface area contributed by atoms with E-state index in [1.807, 2.05) is 0 Å². The summed E-state index contributed by atoms with van der Waals surface area (Å²) < 4.78 is 10.8. The molecule has 0 bridgehead atoms. The standard InChI is InChI=1S/C17H27NO4.C2H2O4/c1-5-14(6-2)18-10-15(20)11-22-16-8-7-13(12(3)19)9-17(16)21-4;3-1(4)2(5)6/h7-9,14-15,18,20H,5-6,10-11H2,1-4H3;(H,3,4)(H,5,6). The summed E-state index contributed by atoms with van der Waals surface area (Å²) in [6.45, 7) is 6.39. The molecule has 9 nitrogen and oxygen atoms in total. The maximum absolute atomic E-state index is 11.4. The fraction of sp³-hybridized carbons (Fsp3) is 0.526. The molecule has 0 saturated heterocycles. The molecule has 1 atom stereocenters. The minimum absolute atomic E-state index is 0.0285. The molecule has 0 spiro atoms. The van der Waals surface area contributed by atoms with Gasteiger partial charge in [-0.05, 0) is 38.0 Å². The number of rotatable bonds is 10. The van der Waals surface area contributed by atoms with Gasteiger partial charge in [0.1, 0.15) is 12.7 Å². The van der Waals surface area contributed by atoms with Gasteiger partial charge in [-0.1, -0.05) is 13.8 Å². The number of carbonyl (C=O) groups excluding carboxylic acids is 1. The van der Waals surface area contributed by atoms with Crippen LogP contribution in [0, 0.1) is 0 Å². The number of benzene rings is 1. The summed E-state index contributed by atoms with van der Waals surface area (Å²) in [7, 11) is 1.52. The third-order valence-electron chi connectivity index (χ3n) is 3.81. The van der Waals surface area contributed by atoms with E-state index in [2.05, 4.69) is 19.2 Å². The Morgan fingerprint density at radius 1 is 1.07 bits per heavy atom. The van der Waals surface area contributed by atoms with E-state index in [4.69, 9.17) is 29.3 Å². The summed E-state index contributed by atoms with van der Waals surface area (Å²) >= 11 is 0. The van der Waals surface area contributed by atoms with E-state index in [0.29, 0.717) is 29.6 Å². The number of carboxylic acid groups (broad SMARTS) is 2. The van der Waals surface area contributed by atoms with Gasteiger partial charge in [-0.25, -0.2) is 9.59 Å². The van der Waals surface area contributed by atoms with Crippen molar-refractivity contribution in [2.75, 3.05) is 20.3 Å². The minimum atomic E-state index is -1.82. The van der Waals surface area contributed by atoms with Crippen molar-refractivity contribution in [2.45, 2.75) is 45.8 Å². The Morgan fingerprint density at radius 2 is 1.64 bits per heavy atom. The van der Waals surface area contributed by atoms with Crippen LogP contribution in [-0.4, -0.2) is 65.4 Å². The first-order valence-electron chi connectivity index (χ1n) is 8.85. The predicted octanol–water partition coefficient (Wildman–Crippen LogP) is 1.57. The van der Waals surface area contributed by atoms with Crippen molar-refractivity contribution in [3.05, 3.63) is 23.8 Å². The van der Waals surface area contributed by atoms with E-state index >= 15 is 0 Å². The number of methoxy groups -OCH3 is 1. The molecule has 0 fully saturated rings. The summed E-state index contributed by atoms with van der Waals surface area (Å²) in [5.41, 5.74) is 0.570. The topological polar surface area (TPSA) is 142 Å². The van der Waals surface area contributed by atoms with Crippen LogP contribution in [0.5, 0.6) is 11.5 Å². The van der Waals surface area contributed by atoms with Gasteiger partial charge in [-0.3, -0.25) is 4.79 Å². The van der Waals surface area contributed by atoms with E-state index in [0.717, 1.165) is 12.8 Å². The number of ether oxygens (including phenoxy) is 2. The molecule has 0 amide bonds. The van der Waals surface area contributed by atoms with Crippen LogP contribution in [0.2, 0.25) is 0 Å². The molecular formula is C19H29NO8. The highest BCUT2D eigenvalue weighted by Gasteiger charge is 2.12. The highest BCUT2D eigenvalue weighted by Crippen LogP contribution is 2.28. The third kappa shape index (κ3) is 9.89. The SMILES string of the molecule is CCC(CC)NCC(O)COc1ccc(C(C)=O)cc1OC.O=C(O)C(=O)O. The maximum atomic E-state index is 11.4. The average molecular weight is 399 g/mol. The molecule has 0 radical (unpaired) electrons. The molecule has 0 aliphatic carbocycles. The molecule has 4 N–H and O–H groups in total. The van der Waals surface area contributed by atoms with Crippen LogP contribution in [0.1, 0.15) is 44.0 Å². The monoisotopic (exact) mass is 399 g/mol. The first-order chi connectivity index (χ1) is 13.2. The molecular weight excluding hydrogens is 370 g/mol. The summed E-state index contributed by atoms with van der Waals surface area (Å²) in [4.78, 5) is 29.6. The van der Waals surface area contributed by atoms with Crippen LogP contribution in [-0.2, 0) is 9.59 Å². The lowest BCUT2D eigenvalue weighted by Gasteiger charge is -2.19. The lowest BCUT2D eigenvalue weighted by molar-refractivity contribution is -0.159. The van der Waals surface area contributed by atoms with E-state index < -0.39 is 18.0 Å². The fourth-order valence-corrected chi connectivity index (χ4v) is 2.13. The first-order valence-corrected chi connectivity index (χ1v) is 8.85. The van der Waals surface area contributed by atoms with Crippen LogP contribution >= 0.6 is 0 Å². The first kappa shape index (κ1) is 25.4. The molecule has 0 saturated carbocycles. The Bertz CT molecular complexity index is 631. The van der Waals surface area contributed by atoms with Crippen molar-refractivity contribution in [1.29, 1.82) is 0 Å². The molecule has 0 aliphatic rings. The molecule has 1 rings (SSSR count). The van der Waals surface area contributed by atoms with E-state index in [-0.39, 0.29) is 12.4 Å². The molecule has 0 heterocycles. The molecule has 28 heavy (non-hydrogen) atoms. The Morgan fingerprint density at radius 3 is 2.07 bits per heavy atom. The van der Waals surface area contributed by atoms with Gasteiger partial charge in [0, 0.05) is 18.2 Å². The largest absolute Gasteiger partial charge is 0.493 e. The highest BCUT2D eigenvalue weighted by atomic mass is 16.5. The van der Waals surface area contributed by atoms with Crippen molar-refractivity contribution in [3.63, 3.8) is 0 Å². The second kappa shape index (κ2) is 13.5. The zero-order valence-electron chi connectivity index (χ0n) is 16.6. The smallest absolute Gasteiger partial charge is 0.414 e. The average Bonchev–Trinajstić information content (AvgIpc) is 2.67.